The van der Waals surface area contributed by atoms with Crippen molar-refractivity contribution in [3.05, 3.63) is 13.8 Å². The molecule has 0 aromatic rings. The molecular weight excluding hydrogens is 360 g/mol. The molecule has 0 N–H and O–H groups in total. The van der Waals surface area contributed by atoms with Gasteiger partial charge in [0.15, 0.2) is 0 Å². The van der Waals surface area contributed by atoms with E-state index in [1.807, 2.05) is 0 Å². The third-order valence-corrected chi connectivity index (χ3v) is 6.89. The van der Waals surface area contributed by atoms with E-state index < -0.39 is 0 Å². The van der Waals surface area contributed by atoms with Crippen LogP contribution in [0, 0.1) is 19.8 Å². The Labute approximate surface area is 193 Å². The summed E-state index contributed by atoms with van der Waals surface area (Å²) in [5.74, 6) is 0.959. The Morgan fingerprint density at radius 3 is 0.767 bits per heavy atom. The predicted octanol–water partition coefficient (Wildman–Crippen LogP) is 11.4. The molecule has 1 atom stereocenters. The van der Waals surface area contributed by atoms with Crippen molar-refractivity contribution in [1.29, 1.82) is 0 Å². The van der Waals surface area contributed by atoms with Gasteiger partial charge in [-0.15, -0.1) is 0 Å². The molecule has 0 bridgehead atoms. The minimum absolute atomic E-state index is 0.959. The summed E-state index contributed by atoms with van der Waals surface area (Å²) in [6.07, 6.45) is 37.0. The molecule has 0 heteroatoms. The molecule has 30 heavy (non-hydrogen) atoms. The molecule has 0 aliphatic rings. The van der Waals surface area contributed by atoms with E-state index in [-0.39, 0.29) is 0 Å². The van der Waals surface area contributed by atoms with E-state index in [9.17, 15) is 0 Å². The van der Waals surface area contributed by atoms with Crippen molar-refractivity contribution in [2.24, 2.45) is 5.92 Å². The highest BCUT2D eigenvalue weighted by Crippen LogP contribution is 2.19. The first-order chi connectivity index (χ1) is 14.8. The summed E-state index contributed by atoms with van der Waals surface area (Å²) >= 11 is 0. The Morgan fingerprint density at radius 2 is 0.533 bits per heavy atom. The lowest BCUT2D eigenvalue weighted by molar-refractivity contribution is 0.429. The summed E-state index contributed by atoms with van der Waals surface area (Å²) in [5, 5.41) is 0. The van der Waals surface area contributed by atoms with Crippen LogP contribution in [0.25, 0.3) is 0 Å². The van der Waals surface area contributed by atoms with Gasteiger partial charge in [-0.2, -0.15) is 0 Å². The number of unbranched alkanes of at least 4 members (excludes halogenated alkanes) is 22. The molecule has 0 aromatic carbocycles. The fourth-order valence-corrected chi connectivity index (χ4v) is 4.67. The molecule has 0 nitrogen and oxygen atoms in total. The fraction of sp³-hybridized carbons (Fsp3) is 0.933. The van der Waals surface area contributed by atoms with E-state index in [0.717, 1.165) is 18.8 Å². The fourth-order valence-electron chi connectivity index (χ4n) is 4.67. The smallest absolute Gasteiger partial charge is 0.0443 e. The van der Waals surface area contributed by atoms with E-state index in [0.29, 0.717) is 0 Å². The standard InChI is InChI=1S/C30H60/c1-4-6-8-10-12-14-16-17-18-19-21-23-25-27-29-30(3)28-26-24-22-20-15-13-11-9-7-5-2/h30H,1-2,4-29H2,3H3. The van der Waals surface area contributed by atoms with Crippen LogP contribution in [0.4, 0.5) is 0 Å². The van der Waals surface area contributed by atoms with Crippen LogP contribution in [-0.2, 0) is 0 Å². The summed E-state index contributed by atoms with van der Waals surface area (Å²) in [4.78, 5) is 0. The topological polar surface area (TPSA) is 0 Å². The maximum atomic E-state index is 3.92. The van der Waals surface area contributed by atoms with E-state index in [1.54, 1.807) is 0 Å². The monoisotopic (exact) mass is 420 g/mol. The lowest BCUT2D eigenvalue weighted by Crippen LogP contribution is -1.95. The van der Waals surface area contributed by atoms with Crippen molar-refractivity contribution in [3.63, 3.8) is 0 Å². The molecule has 0 spiro atoms. The van der Waals surface area contributed by atoms with E-state index >= 15 is 0 Å². The van der Waals surface area contributed by atoms with Crippen molar-refractivity contribution in [3.8, 4) is 0 Å². The Balaban J connectivity index is 3.12. The molecule has 0 rings (SSSR count). The molecule has 0 heterocycles. The average molecular weight is 421 g/mol. The maximum absolute atomic E-state index is 3.92. The number of hydrogen-bond acceptors (Lipinski definition) is 0. The van der Waals surface area contributed by atoms with Crippen LogP contribution in [0.1, 0.15) is 174 Å². The SMILES string of the molecule is [CH2]CCCCCCCCCCCCCCCC(C)CCCCCCCCCCC[CH2]. The minimum atomic E-state index is 0.959. The lowest BCUT2D eigenvalue weighted by Gasteiger charge is -2.11. The van der Waals surface area contributed by atoms with E-state index in [4.69, 9.17) is 0 Å². The zero-order valence-electron chi connectivity index (χ0n) is 21.4. The highest BCUT2D eigenvalue weighted by Gasteiger charge is 2.02. The van der Waals surface area contributed by atoms with Crippen LogP contribution >= 0.6 is 0 Å². The van der Waals surface area contributed by atoms with Gasteiger partial charge in [-0.3, -0.25) is 0 Å². The van der Waals surface area contributed by atoms with Crippen LogP contribution in [0.15, 0.2) is 0 Å². The van der Waals surface area contributed by atoms with Crippen LogP contribution < -0.4 is 0 Å². The summed E-state index contributed by atoms with van der Waals surface area (Å²) in [5.41, 5.74) is 0. The second-order valence-corrected chi connectivity index (χ2v) is 10.2. The predicted molar refractivity (Wildman–Crippen MR) is 140 cm³/mol. The van der Waals surface area contributed by atoms with Crippen molar-refractivity contribution >= 4 is 0 Å². The first-order valence-corrected chi connectivity index (χ1v) is 14.4. The number of hydrogen-bond donors (Lipinski definition) is 0. The van der Waals surface area contributed by atoms with Gasteiger partial charge in [-0.25, -0.2) is 0 Å². The second-order valence-electron chi connectivity index (χ2n) is 10.2. The molecule has 0 saturated heterocycles. The lowest BCUT2D eigenvalue weighted by atomic mass is 9.95. The quantitative estimate of drug-likeness (QED) is 0.122. The van der Waals surface area contributed by atoms with Crippen molar-refractivity contribution in [2.45, 2.75) is 174 Å². The van der Waals surface area contributed by atoms with Crippen LogP contribution in [0.2, 0.25) is 0 Å². The van der Waals surface area contributed by atoms with Crippen LogP contribution in [-0.4, -0.2) is 0 Å². The van der Waals surface area contributed by atoms with Gasteiger partial charge in [-0.1, -0.05) is 188 Å². The Kier molecular flexibility index (Phi) is 27.0. The highest BCUT2D eigenvalue weighted by molar-refractivity contribution is 4.56. The first-order valence-electron chi connectivity index (χ1n) is 14.4. The van der Waals surface area contributed by atoms with Gasteiger partial charge in [0, 0.05) is 0 Å². The van der Waals surface area contributed by atoms with Gasteiger partial charge in [0.25, 0.3) is 0 Å². The van der Waals surface area contributed by atoms with Gasteiger partial charge in [-0.05, 0) is 5.92 Å². The number of rotatable bonds is 26. The summed E-state index contributed by atoms with van der Waals surface area (Å²) < 4.78 is 0. The molecule has 0 fully saturated rings. The van der Waals surface area contributed by atoms with Gasteiger partial charge in [0.05, 0.1) is 0 Å². The van der Waals surface area contributed by atoms with Gasteiger partial charge < -0.3 is 0 Å². The molecule has 0 aromatic heterocycles. The van der Waals surface area contributed by atoms with Gasteiger partial charge in [0.2, 0.25) is 0 Å². The zero-order valence-corrected chi connectivity index (χ0v) is 21.4. The van der Waals surface area contributed by atoms with Crippen molar-refractivity contribution in [2.75, 3.05) is 0 Å². The minimum Gasteiger partial charge on any atom is -0.0625 e. The first kappa shape index (κ1) is 30.0. The molecule has 1 unspecified atom stereocenters. The molecule has 2 radical (unpaired) electrons. The normalized spacial score (nSPS) is 12.5. The summed E-state index contributed by atoms with van der Waals surface area (Å²) in [6, 6.07) is 0. The molecule has 0 aliphatic heterocycles. The molecule has 180 valence electrons. The molecule has 0 amide bonds. The molecule has 0 saturated carbocycles. The van der Waals surface area contributed by atoms with E-state index in [2.05, 4.69) is 20.8 Å². The summed E-state index contributed by atoms with van der Waals surface area (Å²) in [7, 11) is 0. The Morgan fingerprint density at radius 1 is 0.333 bits per heavy atom. The van der Waals surface area contributed by atoms with Crippen molar-refractivity contribution < 1.29 is 0 Å². The van der Waals surface area contributed by atoms with Gasteiger partial charge >= 0.3 is 0 Å². The molecule has 0 aliphatic carbocycles. The molecular formula is C30H60. The third-order valence-electron chi connectivity index (χ3n) is 6.89. The third kappa shape index (κ3) is 26.0. The Bertz CT molecular complexity index is 282. The maximum Gasteiger partial charge on any atom is -0.0443 e. The van der Waals surface area contributed by atoms with Crippen molar-refractivity contribution in [1.82, 2.24) is 0 Å². The van der Waals surface area contributed by atoms with Crippen LogP contribution in [0.5, 0.6) is 0 Å². The van der Waals surface area contributed by atoms with Gasteiger partial charge in [0.1, 0.15) is 0 Å². The second kappa shape index (κ2) is 27.0. The van der Waals surface area contributed by atoms with Crippen LogP contribution in [0.3, 0.4) is 0 Å². The highest BCUT2D eigenvalue weighted by atomic mass is 14.1. The summed E-state index contributed by atoms with van der Waals surface area (Å²) in [6.45, 7) is 10.3. The zero-order chi connectivity index (χ0) is 22.0. The van der Waals surface area contributed by atoms with E-state index in [1.165, 1.54) is 154 Å². The average Bonchev–Trinajstić information content (AvgIpc) is 2.75. The largest absolute Gasteiger partial charge is 0.0625 e. The Hall–Kier alpha value is 0.